The Morgan fingerprint density at radius 2 is 1.83 bits per heavy atom. The first-order chi connectivity index (χ1) is 10.9. The van der Waals surface area contributed by atoms with Gasteiger partial charge in [0.05, 0.1) is 10.7 Å². The number of halogens is 2. The van der Waals surface area contributed by atoms with Crippen LogP contribution in [0.3, 0.4) is 0 Å². The van der Waals surface area contributed by atoms with Crippen LogP contribution in [0.1, 0.15) is 17.2 Å². The van der Waals surface area contributed by atoms with Crippen molar-refractivity contribution in [2.24, 2.45) is 5.10 Å². The molecule has 0 aromatic heterocycles. The number of nitrogens with zero attached hydrogens (tertiary/aromatic N) is 1. The van der Waals surface area contributed by atoms with E-state index in [4.69, 9.17) is 0 Å². The normalized spacial score (nSPS) is 12.3. The van der Waals surface area contributed by atoms with Gasteiger partial charge in [-0.25, -0.2) is 5.43 Å². The van der Waals surface area contributed by atoms with Gasteiger partial charge in [0, 0.05) is 5.56 Å². The van der Waals surface area contributed by atoms with Crippen LogP contribution in [-0.2, 0) is 4.79 Å². The Kier molecular flexibility index (Phi) is 5.75. The van der Waals surface area contributed by atoms with Crippen molar-refractivity contribution in [3.8, 4) is 11.5 Å². The summed E-state index contributed by atoms with van der Waals surface area (Å²) < 4.78 is 0.447. The summed E-state index contributed by atoms with van der Waals surface area (Å²) in [4.78, 5) is 11.8. The summed E-state index contributed by atoms with van der Waals surface area (Å²) in [5.41, 5.74) is 2.89. The van der Waals surface area contributed by atoms with E-state index in [-0.39, 0.29) is 21.5 Å². The number of aliphatic hydroxyl groups excluding tert-OH is 1. The fourth-order valence-electron chi connectivity index (χ4n) is 1.73. The van der Waals surface area contributed by atoms with Crippen molar-refractivity contribution >= 4 is 44.0 Å². The second kappa shape index (κ2) is 7.58. The fraction of sp³-hybridized carbons (Fsp3) is 0.0667. The molecule has 2 aromatic rings. The van der Waals surface area contributed by atoms with Crippen molar-refractivity contribution in [1.82, 2.24) is 5.43 Å². The molecule has 0 aliphatic heterocycles. The van der Waals surface area contributed by atoms with Gasteiger partial charge in [0.25, 0.3) is 5.91 Å². The Morgan fingerprint density at radius 3 is 2.48 bits per heavy atom. The Hall–Kier alpha value is -1.90. The van der Waals surface area contributed by atoms with Crippen molar-refractivity contribution in [3.63, 3.8) is 0 Å². The Labute approximate surface area is 148 Å². The Bertz CT molecular complexity index is 751. The summed E-state index contributed by atoms with van der Waals surface area (Å²) >= 11 is 6.16. The van der Waals surface area contributed by atoms with E-state index in [0.29, 0.717) is 10.0 Å². The number of phenols is 2. The standard InChI is InChI=1S/C15H12Br2N2O4/c16-10-6-9(12(20)11(17)14(10)22)7-18-19-15(23)13(21)8-4-2-1-3-5-8/h1-7,13,20-22H,(H,19,23). The maximum absolute atomic E-state index is 11.8. The molecule has 0 fully saturated rings. The highest BCUT2D eigenvalue weighted by Crippen LogP contribution is 2.40. The molecule has 120 valence electrons. The first kappa shape index (κ1) is 17.5. The van der Waals surface area contributed by atoms with Gasteiger partial charge in [-0.15, -0.1) is 0 Å². The number of aromatic hydroxyl groups is 2. The molecule has 0 aliphatic rings. The van der Waals surface area contributed by atoms with Crippen molar-refractivity contribution < 1.29 is 20.1 Å². The molecule has 0 heterocycles. The molecule has 0 spiro atoms. The third kappa shape index (κ3) is 4.10. The molecule has 0 saturated carbocycles. The van der Waals surface area contributed by atoms with E-state index in [1.54, 1.807) is 30.3 Å². The van der Waals surface area contributed by atoms with E-state index in [1.807, 2.05) is 0 Å². The monoisotopic (exact) mass is 442 g/mol. The zero-order chi connectivity index (χ0) is 17.0. The van der Waals surface area contributed by atoms with E-state index in [1.165, 1.54) is 12.3 Å². The Balaban J connectivity index is 2.09. The minimum absolute atomic E-state index is 0.101. The number of aliphatic hydroxyl groups is 1. The lowest BCUT2D eigenvalue weighted by Gasteiger charge is -2.09. The molecule has 6 nitrogen and oxygen atoms in total. The zero-order valence-electron chi connectivity index (χ0n) is 11.6. The van der Waals surface area contributed by atoms with E-state index in [2.05, 4.69) is 42.4 Å². The van der Waals surface area contributed by atoms with Crippen LogP contribution in [-0.4, -0.2) is 27.4 Å². The second-order valence-corrected chi connectivity index (χ2v) is 6.15. The molecule has 4 N–H and O–H groups in total. The van der Waals surface area contributed by atoms with Gasteiger partial charge in [0.15, 0.2) is 6.10 Å². The molecule has 1 atom stereocenters. The van der Waals surface area contributed by atoms with Gasteiger partial charge in [-0.2, -0.15) is 5.10 Å². The average molecular weight is 444 g/mol. The molecular formula is C15H12Br2N2O4. The quantitative estimate of drug-likeness (QED) is 0.431. The van der Waals surface area contributed by atoms with Gasteiger partial charge < -0.3 is 15.3 Å². The van der Waals surface area contributed by atoms with Crippen LogP contribution >= 0.6 is 31.9 Å². The summed E-state index contributed by atoms with van der Waals surface area (Å²) in [7, 11) is 0. The molecule has 0 aliphatic carbocycles. The number of benzene rings is 2. The molecule has 0 radical (unpaired) electrons. The number of carbonyl (C=O) groups excluding carboxylic acids is 1. The van der Waals surface area contributed by atoms with Gasteiger partial charge in [0.1, 0.15) is 16.0 Å². The van der Waals surface area contributed by atoms with Crippen molar-refractivity contribution in [1.29, 1.82) is 0 Å². The minimum Gasteiger partial charge on any atom is -0.506 e. The molecule has 2 rings (SSSR count). The summed E-state index contributed by atoms with van der Waals surface area (Å²) in [5, 5.41) is 33.1. The first-order valence-corrected chi connectivity index (χ1v) is 7.96. The van der Waals surface area contributed by atoms with E-state index in [9.17, 15) is 20.1 Å². The molecule has 1 unspecified atom stereocenters. The lowest BCUT2D eigenvalue weighted by Crippen LogP contribution is -2.25. The molecule has 8 heteroatoms. The maximum atomic E-state index is 11.8. The SMILES string of the molecule is O=C(NN=Cc1cc(Br)c(O)c(Br)c1O)C(O)c1ccccc1. The predicted molar refractivity (Wildman–Crippen MR) is 92.3 cm³/mol. The van der Waals surface area contributed by atoms with Gasteiger partial charge in [-0.3, -0.25) is 4.79 Å². The third-order valence-electron chi connectivity index (χ3n) is 2.94. The molecule has 2 aromatic carbocycles. The minimum atomic E-state index is -1.35. The number of amides is 1. The van der Waals surface area contributed by atoms with Crippen LogP contribution in [0.2, 0.25) is 0 Å². The zero-order valence-corrected chi connectivity index (χ0v) is 14.7. The highest BCUT2D eigenvalue weighted by atomic mass is 79.9. The Morgan fingerprint density at radius 1 is 1.17 bits per heavy atom. The van der Waals surface area contributed by atoms with Gasteiger partial charge in [-0.1, -0.05) is 30.3 Å². The number of carbonyl (C=O) groups is 1. The lowest BCUT2D eigenvalue weighted by atomic mass is 10.1. The summed E-state index contributed by atoms with van der Waals surface area (Å²) in [5.74, 6) is -1.08. The lowest BCUT2D eigenvalue weighted by molar-refractivity contribution is -0.129. The fourth-order valence-corrected chi connectivity index (χ4v) is 2.88. The number of phenolic OH excluding ortho intramolecular Hbond substituents is 2. The summed E-state index contributed by atoms with van der Waals surface area (Å²) in [6.07, 6.45) is -0.153. The molecule has 0 bridgehead atoms. The van der Waals surface area contributed by atoms with Crippen LogP contribution in [0.4, 0.5) is 0 Å². The molecule has 23 heavy (non-hydrogen) atoms. The van der Waals surface area contributed by atoms with Crippen molar-refractivity contribution in [3.05, 3.63) is 56.5 Å². The number of nitrogens with one attached hydrogen (secondary N) is 1. The highest BCUT2D eigenvalue weighted by Gasteiger charge is 2.16. The van der Waals surface area contributed by atoms with Crippen LogP contribution in [0, 0.1) is 0 Å². The van der Waals surface area contributed by atoms with Crippen molar-refractivity contribution in [2.45, 2.75) is 6.10 Å². The van der Waals surface area contributed by atoms with Gasteiger partial charge >= 0.3 is 0 Å². The van der Waals surface area contributed by atoms with Crippen LogP contribution in [0.15, 0.2) is 50.4 Å². The highest BCUT2D eigenvalue weighted by molar-refractivity contribution is 9.11. The molecular weight excluding hydrogens is 432 g/mol. The van der Waals surface area contributed by atoms with Gasteiger partial charge in [0.2, 0.25) is 0 Å². The number of hydrogen-bond donors (Lipinski definition) is 4. The molecule has 1 amide bonds. The largest absolute Gasteiger partial charge is 0.506 e. The second-order valence-electron chi connectivity index (χ2n) is 4.51. The van der Waals surface area contributed by atoms with Crippen LogP contribution in [0.25, 0.3) is 0 Å². The van der Waals surface area contributed by atoms with Crippen LogP contribution in [0.5, 0.6) is 11.5 Å². The number of rotatable bonds is 4. The summed E-state index contributed by atoms with van der Waals surface area (Å²) in [6, 6.07) is 9.85. The van der Waals surface area contributed by atoms with E-state index < -0.39 is 12.0 Å². The van der Waals surface area contributed by atoms with E-state index in [0.717, 1.165) is 0 Å². The average Bonchev–Trinajstić information content (AvgIpc) is 2.57. The summed E-state index contributed by atoms with van der Waals surface area (Å²) in [6.45, 7) is 0. The number of hydrazone groups is 1. The van der Waals surface area contributed by atoms with E-state index >= 15 is 0 Å². The molecule has 0 saturated heterocycles. The third-order valence-corrected chi connectivity index (χ3v) is 4.30. The maximum Gasteiger partial charge on any atom is 0.273 e. The number of hydrogen-bond acceptors (Lipinski definition) is 5. The predicted octanol–water partition coefficient (Wildman–Crippen LogP) is 2.81. The first-order valence-electron chi connectivity index (χ1n) is 6.37. The van der Waals surface area contributed by atoms with Gasteiger partial charge in [-0.05, 0) is 43.5 Å². The topological polar surface area (TPSA) is 102 Å². The smallest absolute Gasteiger partial charge is 0.273 e. The van der Waals surface area contributed by atoms with Crippen molar-refractivity contribution in [2.75, 3.05) is 0 Å². The van der Waals surface area contributed by atoms with Crippen LogP contribution < -0.4 is 5.43 Å².